The van der Waals surface area contributed by atoms with Crippen molar-refractivity contribution in [1.29, 1.82) is 0 Å². The van der Waals surface area contributed by atoms with Crippen LogP contribution in [-0.2, 0) is 9.59 Å². The number of likely N-dealkylation sites (N-methyl/N-ethyl adjacent to an activating group) is 1. The Morgan fingerprint density at radius 2 is 2.17 bits per heavy atom. The van der Waals surface area contributed by atoms with Crippen LogP contribution in [0.5, 0.6) is 0 Å². The molecule has 1 aliphatic heterocycles. The average Bonchev–Trinajstić information content (AvgIpc) is 3.12. The quantitative estimate of drug-likeness (QED) is 0.598. The number of hydrogen-bond acceptors (Lipinski definition) is 4. The number of imide groups is 1. The van der Waals surface area contributed by atoms with E-state index in [1.54, 1.807) is 0 Å². The number of urea groups is 1. The summed E-state index contributed by atoms with van der Waals surface area (Å²) < 4.78 is 0. The Labute approximate surface area is 105 Å². The predicted octanol–water partition coefficient (Wildman–Crippen LogP) is -1.27. The standard InChI is InChI=1S/C11H18N4O3/c1-14-6-10(17)15(11(14)18)5-9(16)13-4-8(12)7-2-3-7/h7-8H,2-6,12H2,1H3,(H,13,16). The largest absolute Gasteiger partial charge is 0.353 e. The van der Waals surface area contributed by atoms with Gasteiger partial charge in [0, 0.05) is 19.6 Å². The van der Waals surface area contributed by atoms with Crippen molar-refractivity contribution >= 4 is 17.8 Å². The molecule has 0 aromatic carbocycles. The zero-order chi connectivity index (χ0) is 13.3. The average molecular weight is 254 g/mol. The Morgan fingerprint density at radius 1 is 1.50 bits per heavy atom. The van der Waals surface area contributed by atoms with Crippen LogP contribution >= 0.6 is 0 Å². The van der Waals surface area contributed by atoms with E-state index in [4.69, 9.17) is 5.73 Å². The predicted molar refractivity (Wildman–Crippen MR) is 63.4 cm³/mol. The maximum atomic E-state index is 11.6. The highest BCUT2D eigenvalue weighted by Gasteiger charge is 2.35. The summed E-state index contributed by atoms with van der Waals surface area (Å²) in [6.07, 6.45) is 2.23. The first-order valence-corrected chi connectivity index (χ1v) is 6.06. The van der Waals surface area contributed by atoms with E-state index in [-0.39, 0.29) is 30.9 Å². The maximum absolute atomic E-state index is 11.6. The van der Waals surface area contributed by atoms with Gasteiger partial charge in [-0.3, -0.25) is 14.5 Å². The number of rotatable bonds is 5. The molecule has 1 heterocycles. The smallest absolute Gasteiger partial charge is 0.327 e. The SMILES string of the molecule is CN1CC(=O)N(CC(=O)NCC(N)C2CC2)C1=O. The number of carbonyl (C=O) groups is 3. The van der Waals surface area contributed by atoms with Crippen molar-refractivity contribution in [2.24, 2.45) is 11.7 Å². The van der Waals surface area contributed by atoms with Gasteiger partial charge in [-0.2, -0.15) is 0 Å². The molecule has 0 bridgehead atoms. The van der Waals surface area contributed by atoms with Crippen molar-refractivity contribution < 1.29 is 14.4 Å². The van der Waals surface area contributed by atoms with Crippen molar-refractivity contribution in [1.82, 2.24) is 15.1 Å². The number of nitrogens with zero attached hydrogens (tertiary/aromatic N) is 2. The van der Waals surface area contributed by atoms with Crippen molar-refractivity contribution in [2.45, 2.75) is 18.9 Å². The summed E-state index contributed by atoms with van der Waals surface area (Å²) in [4.78, 5) is 36.8. The highest BCUT2D eigenvalue weighted by atomic mass is 16.2. The normalized spacial score (nSPS) is 21.4. The molecule has 100 valence electrons. The fourth-order valence-electron chi connectivity index (χ4n) is 1.95. The van der Waals surface area contributed by atoms with E-state index in [1.165, 1.54) is 11.9 Å². The molecule has 0 spiro atoms. The second-order valence-electron chi connectivity index (χ2n) is 4.92. The third kappa shape index (κ3) is 2.79. The van der Waals surface area contributed by atoms with Crippen LogP contribution in [0.3, 0.4) is 0 Å². The van der Waals surface area contributed by atoms with Crippen LogP contribution in [0.2, 0.25) is 0 Å². The number of amides is 4. The molecule has 2 fully saturated rings. The molecule has 4 amide bonds. The Kier molecular flexibility index (Phi) is 3.51. The van der Waals surface area contributed by atoms with Crippen LogP contribution in [-0.4, -0.2) is 60.4 Å². The third-order valence-corrected chi connectivity index (χ3v) is 3.30. The Hall–Kier alpha value is -1.63. The van der Waals surface area contributed by atoms with Crippen LogP contribution < -0.4 is 11.1 Å². The number of nitrogens with two attached hydrogens (primary N) is 1. The zero-order valence-electron chi connectivity index (χ0n) is 10.4. The molecule has 18 heavy (non-hydrogen) atoms. The van der Waals surface area contributed by atoms with Gasteiger partial charge in [0.1, 0.15) is 13.1 Å². The van der Waals surface area contributed by atoms with Gasteiger partial charge in [0.05, 0.1) is 0 Å². The summed E-state index contributed by atoms with van der Waals surface area (Å²) >= 11 is 0. The van der Waals surface area contributed by atoms with Gasteiger partial charge in [-0.05, 0) is 18.8 Å². The lowest BCUT2D eigenvalue weighted by molar-refractivity contribution is -0.130. The minimum atomic E-state index is -0.429. The van der Waals surface area contributed by atoms with E-state index in [0.717, 1.165) is 17.7 Å². The third-order valence-electron chi connectivity index (χ3n) is 3.30. The van der Waals surface area contributed by atoms with Gasteiger partial charge in [0.25, 0.3) is 5.91 Å². The summed E-state index contributed by atoms with van der Waals surface area (Å²) in [5, 5.41) is 2.66. The Morgan fingerprint density at radius 3 is 2.67 bits per heavy atom. The van der Waals surface area contributed by atoms with Crippen LogP contribution in [0.4, 0.5) is 4.79 Å². The number of carbonyl (C=O) groups excluding carboxylic acids is 3. The summed E-state index contributed by atoms with van der Waals surface area (Å²) in [5.41, 5.74) is 5.84. The molecule has 2 aliphatic rings. The molecule has 1 unspecified atom stereocenters. The molecular formula is C11H18N4O3. The van der Waals surface area contributed by atoms with E-state index in [2.05, 4.69) is 5.32 Å². The van der Waals surface area contributed by atoms with Gasteiger partial charge < -0.3 is 16.0 Å². The molecular weight excluding hydrogens is 236 g/mol. The molecule has 0 aromatic heterocycles. The van der Waals surface area contributed by atoms with Crippen LogP contribution in [0.15, 0.2) is 0 Å². The van der Waals surface area contributed by atoms with Gasteiger partial charge in [0.15, 0.2) is 0 Å². The highest BCUT2D eigenvalue weighted by Crippen LogP contribution is 2.31. The second kappa shape index (κ2) is 4.93. The summed E-state index contributed by atoms with van der Waals surface area (Å²) in [6.45, 7) is 0.211. The van der Waals surface area contributed by atoms with Crippen LogP contribution in [0.1, 0.15) is 12.8 Å². The van der Waals surface area contributed by atoms with Gasteiger partial charge in [0.2, 0.25) is 5.91 Å². The molecule has 0 radical (unpaired) electrons. The first-order chi connectivity index (χ1) is 8.49. The van der Waals surface area contributed by atoms with E-state index in [9.17, 15) is 14.4 Å². The van der Waals surface area contributed by atoms with Gasteiger partial charge in [-0.25, -0.2) is 4.79 Å². The Balaban J connectivity index is 1.76. The molecule has 0 aromatic rings. The zero-order valence-corrected chi connectivity index (χ0v) is 10.4. The molecule has 2 rings (SSSR count). The fraction of sp³-hybridized carbons (Fsp3) is 0.727. The summed E-state index contributed by atoms with van der Waals surface area (Å²) in [6, 6.07) is -0.455. The van der Waals surface area contributed by atoms with E-state index in [1.807, 2.05) is 0 Å². The highest BCUT2D eigenvalue weighted by molar-refractivity contribution is 6.04. The summed E-state index contributed by atoms with van der Waals surface area (Å²) in [7, 11) is 1.53. The lowest BCUT2D eigenvalue weighted by Crippen LogP contribution is -2.45. The van der Waals surface area contributed by atoms with Crippen LogP contribution in [0.25, 0.3) is 0 Å². The number of hydrogen-bond donors (Lipinski definition) is 2. The topological polar surface area (TPSA) is 95.7 Å². The van der Waals surface area contributed by atoms with Crippen molar-refractivity contribution in [2.75, 3.05) is 26.7 Å². The molecule has 1 saturated carbocycles. The second-order valence-corrected chi connectivity index (χ2v) is 4.92. The molecule has 7 heteroatoms. The van der Waals surface area contributed by atoms with Crippen LogP contribution in [0, 0.1) is 5.92 Å². The van der Waals surface area contributed by atoms with Gasteiger partial charge >= 0.3 is 6.03 Å². The Bertz CT molecular complexity index is 380. The monoisotopic (exact) mass is 254 g/mol. The van der Waals surface area contributed by atoms with Crippen molar-refractivity contribution in [3.8, 4) is 0 Å². The van der Waals surface area contributed by atoms with E-state index < -0.39 is 6.03 Å². The summed E-state index contributed by atoms with van der Waals surface area (Å²) in [5.74, 6) is -0.182. The lowest BCUT2D eigenvalue weighted by atomic mass is 10.2. The first kappa shape index (κ1) is 12.8. The molecule has 1 atom stereocenters. The van der Waals surface area contributed by atoms with Crippen molar-refractivity contribution in [3.63, 3.8) is 0 Å². The van der Waals surface area contributed by atoms with Crippen molar-refractivity contribution in [3.05, 3.63) is 0 Å². The molecule has 7 nitrogen and oxygen atoms in total. The van der Waals surface area contributed by atoms with E-state index in [0.29, 0.717) is 12.5 Å². The minimum absolute atomic E-state index is 0.0263. The van der Waals surface area contributed by atoms with Gasteiger partial charge in [-0.1, -0.05) is 0 Å². The lowest BCUT2D eigenvalue weighted by Gasteiger charge is -2.15. The van der Waals surface area contributed by atoms with E-state index >= 15 is 0 Å². The molecule has 3 N–H and O–H groups in total. The molecule has 1 aliphatic carbocycles. The molecule has 1 saturated heterocycles. The van der Waals surface area contributed by atoms with Gasteiger partial charge in [-0.15, -0.1) is 0 Å². The number of nitrogens with one attached hydrogen (secondary N) is 1. The fourth-order valence-corrected chi connectivity index (χ4v) is 1.95. The maximum Gasteiger partial charge on any atom is 0.327 e. The minimum Gasteiger partial charge on any atom is -0.353 e. The first-order valence-electron chi connectivity index (χ1n) is 6.06.